The molecule has 1 N–H and O–H groups in total. The molecule has 1 aliphatic rings. The van der Waals surface area contributed by atoms with Crippen molar-refractivity contribution >= 4 is 36.5 Å². The number of benzene rings is 3. The van der Waals surface area contributed by atoms with E-state index in [2.05, 4.69) is 69.2 Å². The minimum Gasteiger partial charge on any atom is -0.391 e. The van der Waals surface area contributed by atoms with E-state index >= 15 is 0 Å². The van der Waals surface area contributed by atoms with E-state index in [1.807, 2.05) is 43.3 Å². The van der Waals surface area contributed by atoms with Gasteiger partial charge in [0.2, 0.25) is 10.0 Å². The molecule has 1 saturated heterocycles. The molecule has 0 unspecified atom stereocenters. The molecule has 0 saturated carbocycles. The first-order chi connectivity index (χ1) is 17.9. The van der Waals surface area contributed by atoms with Gasteiger partial charge < -0.3 is 5.11 Å². The van der Waals surface area contributed by atoms with E-state index in [4.69, 9.17) is 0 Å². The van der Waals surface area contributed by atoms with Gasteiger partial charge >= 0.3 is 0 Å². The number of hydrogen-bond donors (Lipinski definition) is 1. The van der Waals surface area contributed by atoms with Gasteiger partial charge in [-0.05, 0) is 31.5 Å². The number of rotatable bonds is 9. The van der Waals surface area contributed by atoms with Crippen molar-refractivity contribution in [2.24, 2.45) is 0 Å². The monoisotopic (exact) mass is 563 g/mol. The Morgan fingerprint density at radius 2 is 1.37 bits per heavy atom. The van der Waals surface area contributed by atoms with Crippen LogP contribution in [0.25, 0.3) is 0 Å². The molecule has 4 rings (SSSR count). The Morgan fingerprint density at radius 1 is 0.842 bits per heavy atom. The predicted octanol–water partition coefficient (Wildman–Crippen LogP) is 5.27. The third-order valence-corrected chi connectivity index (χ3v) is 18.0. The van der Waals surface area contributed by atoms with Crippen LogP contribution in [0.3, 0.4) is 0 Å². The van der Waals surface area contributed by atoms with Crippen LogP contribution in [-0.4, -0.2) is 52.2 Å². The topological polar surface area (TPSA) is 57.6 Å². The molecular weight excluding hydrogens is 523 g/mol. The summed E-state index contributed by atoms with van der Waals surface area (Å²) < 4.78 is 30.6. The second-order valence-corrected chi connectivity index (χ2v) is 23.1. The zero-order valence-electron chi connectivity index (χ0n) is 23.2. The summed E-state index contributed by atoms with van der Waals surface area (Å²) in [5.74, 6) is 0. The molecule has 202 valence electrons. The second kappa shape index (κ2) is 11.1. The van der Waals surface area contributed by atoms with Crippen LogP contribution in [0.2, 0.25) is 37.8 Å². The molecule has 4 nitrogen and oxygen atoms in total. The summed E-state index contributed by atoms with van der Waals surface area (Å²) in [5.41, 5.74) is 0.850. The first-order valence-corrected chi connectivity index (χ1v) is 21.1. The molecule has 38 heavy (non-hydrogen) atoms. The highest BCUT2D eigenvalue weighted by Crippen LogP contribution is 2.48. The Morgan fingerprint density at radius 3 is 1.89 bits per heavy atom. The SMILES string of the molecule is C=CC[C@H]1[C@@H](O)[C@H]([Si](C)(C)c2ccccc2)[C@@H](C[Si](C)(C)c2ccccc2)N1S(=O)(=O)c1ccc(C)cc1. The molecule has 0 bridgehead atoms. The summed E-state index contributed by atoms with van der Waals surface area (Å²) in [4.78, 5) is 0.286. The van der Waals surface area contributed by atoms with E-state index in [-0.39, 0.29) is 16.5 Å². The lowest BCUT2D eigenvalue weighted by Gasteiger charge is -2.40. The maximum absolute atomic E-state index is 14.4. The lowest BCUT2D eigenvalue weighted by molar-refractivity contribution is 0.142. The predicted molar refractivity (Wildman–Crippen MR) is 164 cm³/mol. The van der Waals surface area contributed by atoms with Crippen molar-refractivity contribution in [2.75, 3.05) is 0 Å². The molecule has 1 fully saturated rings. The summed E-state index contributed by atoms with van der Waals surface area (Å²) in [7, 11) is -8.31. The van der Waals surface area contributed by atoms with Crippen LogP contribution in [0, 0.1) is 6.92 Å². The minimum atomic E-state index is -3.87. The van der Waals surface area contributed by atoms with Gasteiger partial charge in [-0.25, -0.2) is 8.42 Å². The second-order valence-electron chi connectivity index (χ2n) is 11.9. The molecule has 1 aliphatic heterocycles. The van der Waals surface area contributed by atoms with E-state index in [1.54, 1.807) is 22.5 Å². The molecule has 4 atom stereocenters. The van der Waals surface area contributed by atoms with Crippen LogP contribution >= 0.6 is 0 Å². The van der Waals surface area contributed by atoms with Crippen molar-refractivity contribution in [3.8, 4) is 0 Å². The zero-order chi connectivity index (χ0) is 27.7. The van der Waals surface area contributed by atoms with Gasteiger partial charge in [0.1, 0.15) is 0 Å². The van der Waals surface area contributed by atoms with E-state index in [1.165, 1.54) is 10.4 Å². The van der Waals surface area contributed by atoms with Gasteiger partial charge in [0.15, 0.2) is 0 Å². The number of aliphatic hydroxyl groups is 1. The fourth-order valence-corrected chi connectivity index (χ4v) is 15.2. The van der Waals surface area contributed by atoms with Crippen LogP contribution in [0.4, 0.5) is 0 Å². The van der Waals surface area contributed by atoms with Crippen molar-refractivity contribution in [1.82, 2.24) is 4.31 Å². The van der Waals surface area contributed by atoms with Gasteiger partial charge in [-0.1, -0.05) is 121 Å². The maximum atomic E-state index is 14.4. The van der Waals surface area contributed by atoms with Gasteiger partial charge in [-0.2, -0.15) is 4.31 Å². The van der Waals surface area contributed by atoms with Gasteiger partial charge in [0.05, 0.1) is 33.2 Å². The van der Waals surface area contributed by atoms with Gasteiger partial charge in [0, 0.05) is 11.6 Å². The normalized spacial score (nSPS) is 22.9. The lowest BCUT2D eigenvalue weighted by atomic mass is 10.1. The number of nitrogens with zero attached hydrogens (tertiary/aromatic N) is 1. The molecule has 0 amide bonds. The average molecular weight is 564 g/mol. The van der Waals surface area contributed by atoms with Crippen molar-refractivity contribution < 1.29 is 13.5 Å². The van der Waals surface area contributed by atoms with Crippen molar-refractivity contribution in [3.63, 3.8) is 0 Å². The largest absolute Gasteiger partial charge is 0.391 e. The molecule has 1 heterocycles. The molecule has 0 radical (unpaired) electrons. The number of aliphatic hydroxyl groups excluding tert-OH is 1. The highest BCUT2D eigenvalue weighted by Gasteiger charge is 2.59. The van der Waals surface area contributed by atoms with Crippen LogP contribution < -0.4 is 10.4 Å². The van der Waals surface area contributed by atoms with Gasteiger partial charge in [-0.3, -0.25) is 0 Å². The quantitative estimate of drug-likeness (QED) is 0.285. The highest BCUT2D eigenvalue weighted by molar-refractivity contribution is 7.89. The van der Waals surface area contributed by atoms with Gasteiger partial charge in [0.25, 0.3) is 0 Å². The Kier molecular flexibility index (Phi) is 8.35. The number of sulfonamides is 1. The highest BCUT2D eigenvalue weighted by atomic mass is 32.2. The fraction of sp³-hybridized carbons (Fsp3) is 0.355. The Balaban J connectivity index is 1.91. The Bertz CT molecular complexity index is 1340. The molecule has 3 aromatic carbocycles. The smallest absolute Gasteiger partial charge is 0.243 e. The average Bonchev–Trinajstić information content (AvgIpc) is 3.17. The summed E-state index contributed by atoms with van der Waals surface area (Å²) in [5, 5.41) is 14.6. The maximum Gasteiger partial charge on any atom is 0.243 e. The number of hydrogen-bond acceptors (Lipinski definition) is 3. The minimum absolute atomic E-state index is 0.162. The van der Waals surface area contributed by atoms with Crippen molar-refractivity contribution in [3.05, 3.63) is 103 Å². The Labute approximate surface area is 231 Å². The lowest BCUT2D eigenvalue weighted by Crippen LogP contribution is -2.56. The van der Waals surface area contributed by atoms with E-state index in [0.29, 0.717) is 6.42 Å². The van der Waals surface area contributed by atoms with Gasteiger partial charge in [-0.15, -0.1) is 6.58 Å². The molecule has 0 aliphatic carbocycles. The van der Waals surface area contributed by atoms with Crippen molar-refractivity contribution in [2.45, 2.75) is 74.2 Å². The summed E-state index contributed by atoms with van der Waals surface area (Å²) in [6.07, 6.45) is 1.38. The standard InChI is InChI=1S/C31H41NO3SSi2/c1-7-14-28-30(33)31(38(5,6)27-17-12-9-13-18-27)29(23-37(3,4)26-15-10-8-11-16-26)32(28)36(34,35)25-21-19-24(2)20-22-25/h7-13,15-22,28-31,33H,1,14,23H2,2-6H3/t28-,29+,30+,31+/m0/s1. The summed E-state index contributed by atoms with van der Waals surface area (Å²) in [6.45, 7) is 15.1. The molecule has 0 spiro atoms. The van der Waals surface area contributed by atoms with Crippen LogP contribution in [-0.2, 0) is 10.0 Å². The molecule has 7 heteroatoms. The first-order valence-electron chi connectivity index (χ1n) is 13.4. The van der Waals surface area contributed by atoms with Crippen LogP contribution in [0.15, 0.2) is 102 Å². The summed E-state index contributed by atoms with van der Waals surface area (Å²) >= 11 is 0. The Hall–Kier alpha value is -2.30. The number of aryl methyl sites for hydroxylation is 1. The van der Waals surface area contributed by atoms with E-state index < -0.39 is 38.3 Å². The van der Waals surface area contributed by atoms with Crippen molar-refractivity contribution in [1.29, 1.82) is 0 Å². The van der Waals surface area contributed by atoms with Crippen LogP contribution in [0.1, 0.15) is 12.0 Å². The summed E-state index contributed by atoms with van der Waals surface area (Å²) in [6, 6.07) is 27.9. The molecule has 0 aromatic heterocycles. The van der Waals surface area contributed by atoms with E-state index in [0.717, 1.165) is 11.6 Å². The van der Waals surface area contributed by atoms with E-state index in [9.17, 15) is 13.5 Å². The first kappa shape index (κ1) is 28.7. The van der Waals surface area contributed by atoms with Crippen LogP contribution in [0.5, 0.6) is 0 Å². The third kappa shape index (κ3) is 5.40. The molecular formula is C31H41NO3SSi2. The molecule has 3 aromatic rings. The third-order valence-electron chi connectivity index (χ3n) is 8.46. The zero-order valence-corrected chi connectivity index (χ0v) is 26.0. The fourth-order valence-electron chi connectivity index (χ4n) is 6.34.